The van der Waals surface area contributed by atoms with Crippen molar-refractivity contribution in [2.45, 2.75) is 19.4 Å². The molecule has 144 valence electrons. The number of nitrogens with one attached hydrogen (secondary N) is 1. The van der Waals surface area contributed by atoms with Crippen LogP contribution in [0.5, 0.6) is 0 Å². The van der Waals surface area contributed by atoms with Gasteiger partial charge in [0.05, 0.1) is 24.8 Å². The van der Waals surface area contributed by atoms with E-state index in [0.29, 0.717) is 26.1 Å². The Morgan fingerprint density at radius 2 is 2.15 bits per heavy atom. The lowest BCUT2D eigenvalue weighted by Gasteiger charge is -2.29. The van der Waals surface area contributed by atoms with Crippen molar-refractivity contribution in [2.75, 3.05) is 39.9 Å². The highest BCUT2D eigenvalue weighted by Crippen LogP contribution is 2.24. The molecule has 0 saturated carbocycles. The molecule has 2 aliphatic heterocycles. The van der Waals surface area contributed by atoms with Gasteiger partial charge in [-0.25, -0.2) is 4.79 Å². The van der Waals surface area contributed by atoms with Gasteiger partial charge in [-0.05, 0) is 19.4 Å². The Balaban J connectivity index is 0.000000758. The summed E-state index contributed by atoms with van der Waals surface area (Å²) in [6, 6.07) is 0. The van der Waals surface area contributed by atoms with Crippen molar-refractivity contribution in [3.63, 3.8) is 0 Å². The van der Waals surface area contributed by atoms with Crippen LogP contribution in [0.15, 0.2) is 0 Å². The monoisotopic (exact) mass is 368 g/mol. The van der Waals surface area contributed by atoms with Gasteiger partial charge in [-0.1, -0.05) is 0 Å². The Labute approximate surface area is 150 Å². The number of nitrogens with zero attached hydrogens (tertiary/aromatic N) is 3. The van der Waals surface area contributed by atoms with Gasteiger partial charge in [0.2, 0.25) is 5.91 Å². The zero-order valence-corrected chi connectivity index (χ0v) is 14.7. The molecule has 10 heteroatoms. The normalized spacial score (nSPS) is 19.4. The van der Waals surface area contributed by atoms with E-state index in [0.717, 1.165) is 37.3 Å². The predicted octanol–water partition coefficient (Wildman–Crippen LogP) is -0.338. The van der Waals surface area contributed by atoms with Gasteiger partial charge < -0.3 is 24.7 Å². The molecule has 3 N–H and O–H groups in total. The Morgan fingerprint density at radius 3 is 2.81 bits per heavy atom. The second-order valence-electron chi connectivity index (χ2n) is 6.23. The van der Waals surface area contributed by atoms with Crippen LogP contribution in [0.3, 0.4) is 0 Å². The number of carbonyl (C=O) groups is 3. The summed E-state index contributed by atoms with van der Waals surface area (Å²) in [6.45, 7) is 3.96. The van der Waals surface area contributed by atoms with Gasteiger partial charge in [0.25, 0.3) is 6.47 Å². The molecular weight excluding hydrogens is 344 g/mol. The molecule has 0 spiro atoms. The summed E-state index contributed by atoms with van der Waals surface area (Å²) in [6.07, 6.45) is 1.41. The SMILES string of the molecule is COCCN1CCC(C(=O)N2CCc3c(C(=O)O)n[nH]c3C2)C1.O=CO. The van der Waals surface area contributed by atoms with Crippen LogP contribution in [0, 0.1) is 5.92 Å². The Hall–Kier alpha value is -2.46. The number of hydrogen-bond donors (Lipinski definition) is 3. The van der Waals surface area contributed by atoms with Gasteiger partial charge in [0.15, 0.2) is 5.69 Å². The van der Waals surface area contributed by atoms with Gasteiger partial charge in [-0.3, -0.25) is 14.7 Å². The highest BCUT2D eigenvalue weighted by Gasteiger charge is 2.34. The number of aromatic carboxylic acids is 1. The van der Waals surface area contributed by atoms with Crippen molar-refractivity contribution in [1.82, 2.24) is 20.0 Å². The summed E-state index contributed by atoms with van der Waals surface area (Å²) in [4.78, 5) is 36.2. The largest absolute Gasteiger partial charge is 0.483 e. The summed E-state index contributed by atoms with van der Waals surface area (Å²) in [5.74, 6) is -0.843. The minimum absolute atomic E-state index is 0.0234. The summed E-state index contributed by atoms with van der Waals surface area (Å²) >= 11 is 0. The van der Waals surface area contributed by atoms with Gasteiger partial charge in [0, 0.05) is 32.3 Å². The van der Waals surface area contributed by atoms with Gasteiger partial charge in [0.1, 0.15) is 0 Å². The summed E-state index contributed by atoms with van der Waals surface area (Å²) in [5.41, 5.74) is 1.56. The van der Waals surface area contributed by atoms with Crippen LogP contribution in [0.2, 0.25) is 0 Å². The molecule has 26 heavy (non-hydrogen) atoms. The molecule has 0 aliphatic carbocycles. The number of aromatic amines is 1. The fourth-order valence-electron chi connectivity index (χ4n) is 3.40. The van der Waals surface area contributed by atoms with Crippen molar-refractivity contribution < 1.29 is 29.3 Å². The standard InChI is InChI=1S/C15H22N4O4.CH2O2/c1-23-7-6-18-4-2-10(8-18)14(20)19-5-3-11-12(9-19)16-17-13(11)15(21)22;2-1-3/h10H,2-9H2,1H3,(H,16,17)(H,21,22);1H,(H,2,3). The zero-order valence-electron chi connectivity index (χ0n) is 14.7. The zero-order chi connectivity index (χ0) is 19.1. The van der Waals surface area contributed by atoms with Crippen molar-refractivity contribution in [3.05, 3.63) is 17.0 Å². The van der Waals surface area contributed by atoms with Crippen LogP contribution in [0.25, 0.3) is 0 Å². The third-order valence-electron chi connectivity index (χ3n) is 4.68. The first-order chi connectivity index (χ1) is 12.5. The van der Waals surface area contributed by atoms with E-state index in [4.69, 9.17) is 19.7 Å². The van der Waals surface area contributed by atoms with E-state index in [2.05, 4.69) is 15.1 Å². The smallest absolute Gasteiger partial charge is 0.356 e. The number of methoxy groups -OCH3 is 1. The average Bonchev–Trinajstić information content (AvgIpc) is 3.26. The molecule has 1 atom stereocenters. The van der Waals surface area contributed by atoms with Crippen LogP contribution in [0.1, 0.15) is 28.2 Å². The molecule has 3 heterocycles. The molecule has 2 aliphatic rings. The molecule has 0 aromatic carbocycles. The number of carboxylic acids is 1. The van der Waals surface area contributed by atoms with Crippen LogP contribution in [-0.4, -0.2) is 88.5 Å². The minimum atomic E-state index is -1.02. The van der Waals surface area contributed by atoms with Crippen molar-refractivity contribution in [2.24, 2.45) is 5.92 Å². The number of rotatable bonds is 5. The van der Waals surface area contributed by atoms with E-state index in [9.17, 15) is 9.59 Å². The third kappa shape index (κ3) is 4.58. The van der Waals surface area contributed by atoms with E-state index in [1.807, 2.05) is 4.90 Å². The highest BCUT2D eigenvalue weighted by atomic mass is 16.5. The Bertz CT molecular complexity index is 647. The maximum atomic E-state index is 12.7. The lowest BCUT2D eigenvalue weighted by molar-refractivity contribution is -0.136. The molecule has 1 aromatic rings. The number of H-pyrrole nitrogens is 1. The second-order valence-corrected chi connectivity index (χ2v) is 6.23. The topological polar surface area (TPSA) is 136 Å². The van der Waals surface area contributed by atoms with Crippen LogP contribution >= 0.6 is 0 Å². The number of aromatic nitrogens is 2. The second kappa shape index (κ2) is 9.30. The van der Waals surface area contributed by atoms with Crippen molar-refractivity contribution >= 4 is 18.3 Å². The van der Waals surface area contributed by atoms with Crippen LogP contribution < -0.4 is 0 Å². The lowest BCUT2D eigenvalue weighted by Crippen LogP contribution is -2.41. The quantitative estimate of drug-likeness (QED) is 0.601. The summed E-state index contributed by atoms with van der Waals surface area (Å²) < 4.78 is 5.08. The number of likely N-dealkylation sites (tertiary alicyclic amines) is 1. The van der Waals surface area contributed by atoms with E-state index in [1.165, 1.54) is 0 Å². The first-order valence-electron chi connectivity index (χ1n) is 8.39. The molecule has 1 saturated heterocycles. The molecule has 0 bridgehead atoms. The average molecular weight is 368 g/mol. The number of ether oxygens (including phenoxy) is 1. The predicted molar refractivity (Wildman–Crippen MR) is 89.8 cm³/mol. The Morgan fingerprint density at radius 1 is 1.42 bits per heavy atom. The number of carboxylic acid groups (broad SMARTS) is 2. The minimum Gasteiger partial charge on any atom is -0.483 e. The van der Waals surface area contributed by atoms with E-state index < -0.39 is 5.97 Å². The van der Waals surface area contributed by atoms with Crippen molar-refractivity contribution in [1.29, 1.82) is 0 Å². The fraction of sp³-hybridized carbons (Fsp3) is 0.625. The molecule has 1 amide bonds. The van der Waals surface area contributed by atoms with Gasteiger partial charge in [-0.2, -0.15) is 5.10 Å². The van der Waals surface area contributed by atoms with E-state index in [1.54, 1.807) is 7.11 Å². The lowest BCUT2D eigenvalue weighted by atomic mass is 10.0. The van der Waals surface area contributed by atoms with Gasteiger partial charge >= 0.3 is 5.97 Å². The number of carbonyl (C=O) groups excluding carboxylic acids is 1. The first kappa shape index (κ1) is 19.9. The van der Waals surface area contributed by atoms with Gasteiger partial charge in [-0.15, -0.1) is 0 Å². The molecule has 1 unspecified atom stereocenters. The first-order valence-corrected chi connectivity index (χ1v) is 8.39. The van der Waals surface area contributed by atoms with E-state index in [-0.39, 0.29) is 24.0 Å². The fourth-order valence-corrected chi connectivity index (χ4v) is 3.40. The Kier molecular flexibility index (Phi) is 7.10. The number of amides is 1. The summed E-state index contributed by atoms with van der Waals surface area (Å²) in [5, 5.41) is 22.6. The number of fused-ring (bicyclic) bond motifs is 1. The van der Waals surface area contributed by atoms with E-state index >= 15 is 0 Å². The van der Waals surface area contributed by atoms with Crippen LogP contribution in [0.4, 0.5) is 0 Å². The maximum Gasteiger partial charge on any atom is 0.356 e. The molecule has 0 radical (unpaired) electrons. The molecule has 1 fully saturated rings. The molecule has 1 aromatic heterocycles. The third-order valence-corrected chi connectivity index (χ3v) is 4.68. The number of hydrogen-bond acceptors (Lipinski definition) is 6. The maximum absolute atomic E-state index is 12.7. The molecule has 3 rings (SSSR count). The van der Waals surface area contributed by atoms with Crippen LogP contribution in [-0.2, 0) is 27.3 Å². The highest BCUT2D eigenvalue weighted by molar-refractivity contribution is 5.87. The van der Waals surface area contributed by atoms with Crippen molar-refractivity contribution in [3.8, 4) is 0 Å². The summed E-state index contributed by atoms with van der Waals surface area (Å²) in [7, 11) is 1.68. The molecule has 10 nitrogen and oxygen atoms in total. The molecular formula is C16H24N4O6.